The summed E-state index contributed by atoms with van der Waals surface area (Å²) < 4.78 is 15.4. The van der Waals surface area contributed by atoms with Gasteiger partial charge in [-0.05, 0) is 19.1 Å². The molecule has 0 saturated carbocycles. The number of nitro benzene ring substituents is 1. The Kier molecular flexibility index (Phi) is 5.35. The molecule has 9 heteroatoms. The van der Waals surface area contributed by atoms with Crippen LogP contribution in [0.5, 0.6) is 11.5 Å². The third-order valence-electron chi connectivity index (χ3n) is 4.10. The van der Waals surface area contributed by atoms with Crippen LogP contribution in [0.25, 0.3) is 11.0 Å². The zero-order chi connectivity index (χ0) is 20.3. The Morgan fingerprint density at radius 2 is 1.68 bits per heavy atom. The molecule has 0 aliphatic rings. The molecule has 0 fully saturated rings. The van der Waals surface area contributed by atoms with E-state index >= 15 is 0 Å². The lowest BCUT2D eigenvalue weighted by Crippen LogP contribution is -2.11. The molecule has 1 heterocycles. The number of nitro groups is 1. The number of fused-ring (bicyclic) bond motifs is 1. The van der Waals surface area contributed by atoms with Gasteiger partial charge >= 0.3 is 5.97 Å². The minimum absolute atomic E-state index is 0.141. The Hall–Kier alpha value is -3.75. The van der Waals surface area contributed by atoms with Gasteiger partial charge in [0.1, 0.15) is 12.2 Å². The molecule has 0 N–H and O–H groups in total. The van der Waals surface area contributed by atoms with E-state index in [4.69, 9.17) is 14.2 Å². The van der Waals surface area contributed by atoms with Crippen LogP contribution in [0.4, 0.5) is 5.69 Å². The number of para-hydroxylation sites is 2. The molecule has 144 valence electrons. The normalized spacial score (nSPS) is 10.5. The lowest BCUT2D eigenvalue weighted by atomic mass is 10.1. The van der Waals surface area contributed by atoms with Gasteiger partial charge in [0, 0.05) is 6.07 Å². The number of carbonyl (C=O) groups is 1. The molecule has 0 radical (unpaired) electrons. The van der Waals surface area contributed by atoms with Crippen LogP contribution in [-0.2, 0) is 11.3 Å². The van der Waals surface area contributed by atoms with E-state index in [1.165, 1.54) is 20.3 Å². The Morgan fingerprint density at radius 1 is 1.07 bits per heavy atom. The van der Waals surface area contributed by atoms with Crippen molar-refractivity contribution in [3.63, 3.8) is 0 Å². The highest BCUT2D eigenvalue weighted by atomic mass is 16.6. The maximum atomic E-state index is 12.5. The number of esters is 1. The first-order chi connectivity index (χ1) is 13.4. The molecule has 0 amide bonds. The fraction of sp³-hybridized carbons (Fsp3) is 0.211. The summed E-state index contributed by atoms with van der Waals surface area (Å²) in [6, 6.07) is 9.65. The van der Waals surface area contributed by atoms with Crippen molar-refractivity contribution in [2.24, 2.45) is 0 Å². The van der Waals surface area contributed by atoms with Gasteiger partial charge in [-0.15, -0.1) is 0 Å². The van der Waals surface area contributed by atoms with Crippen molar-refractivity contribution in [1.29, 1.82) is 0 Å². The fourth-order valence-corrected chi connectivity index (χ4v) is 2.66. The van der Waals surface area contributed by atoms with Crippen molar-refractivity contribution in [1.82, 2.24) is 9.97 Å². The summed E-state index contributed by atoms with van der Waals surface area (Å²) in [5.41, 5.74) is 1.78. The van der Waals surface area contributed by atoms with Crippen molar-refractivity contribution in [2.45, 2.75) is 13.5 Å². The number of aryl methyl sites for hydroxylation is 1. The first kappa shape index (κ1) is 19.0. The molecule has 0 aliphatic carbocycles. The lowest BCUT2D eigenvalue weighted by molar-refractivity contribution is -0.385. The van der Waals surface area contributed by atoms with Gasteiger partial charge in [0.2, 0.25) is 0 Å². The molecule has 3 aromatic rings. The van der Waals surface area contributed by atoms with Crippen LogP contribution in [-0.4, -0.2) is 35.1 Å². The molecule has 1 aromatic heterocycles. The molecule has 0 spiro atoms. The number of ether oxygens (including phenoxy) is 3. The van der Waals surface area contributed by atoms with Crippen LogP contribution in [0.2, 0.25) is 0 Å². The quantitative estimate of drug-likeness (QED) is 0.362. The Bertz CT molecular complexity index is 1070. The molecule has 3 rings (SSSR count). The van der Waals surface area contributed by atoms with Gasteiger partial charge in [0.15, 0.2) is 11.5 Å². The molecular weight excluding hydrogens is 366 g/mol. The van der Waals surface area contributed by atoms with Crippen LogP contribution >= 0.6 is 0 Å². The summed E-state index contributed by atoms with van der Waals surface area (Å²) in [5.74, 6) is -0.550. The summed E-state index contributed by atoms with van der Waals surface area (Å²) in [6.45, 7) is 1.58. The smallest absolute Gasteiger partial charge is 0.345 e. The van der Waals surface area contributed by atoms with Gasteiger partial charge < -0.3 is 14.2 Å². The summed E-state index contributed by atoms with van der Waals surface area (Å²) in [5, 5.41) is 11.3. The van der Waals surface area contributed by atoms with E-state index in [0.717, 1.165) is 11.6 Å². The van der Waals surface area contributed by atoms with Crippen LogP contribution in [0.3, 0.4) is 0 Å². The van der Waals surface area contributed by atoms with Gasteiger partial charge in [0.05, 0.1) is 47.6 Å². The zero-order valence-corrected chi connectivity index (χ0v) is 15.5. The van der Waals surface area contributed by atoms with Gasteiger partial charge in [-0.2, -0.15) is 0 Å². The summed E-state index contributed by atoms with van der Waals surface area (Å²) in [4.78, 5) is 32.0. The van der Waals surface area contributed by atoms with Gasteiger partial charge in [-0.1, -0.05) is 12.1 Å². The second-order valence-electron chi connectivity index (χ2n) is 5.80. The molecule has 0 aliphatic heterocycles. The van der Waals surface area contributed by atoms with Crippen LogP contribution < -0.4 is 9.47 Å². The van der Waals surface area contributed by atoms with E-state index in [0.29, 0.717) is 16.9 Å². The average molecular weight is 383 g/mol. The van der Waals surface area contributed by atoms with Gasteiger partial charge in [-0.3, -0.25) is 10.1 Å². The molecular formula is C19H17N3O6. The number of methoxy groups -OCH3 is 2. The summed E-state index contributed by atoms with van der Waals surface area (Å²) in [7, 11) is 2.72. The minimum Gasteiger partial charge on any atom is -0.493 e. The topological polar surface area (TPSA) is 114 Å². The van der Waals surface area contributed by atoms with Crippen LogP contribution in [0.15, 0.2) is 36.4 Å². The first-order valence-electron chi connectivity index (χ1n) is 8.24. The van der Waals surface area contributed by atoms with Crippen LogP contribution in [0, 0.1) is 17.0 Å². The van der Waals surface area contributed by atoms with E-state index in [9.17, 15) is 14.9 Å². The summed E-state index contributed by atoms with van der Waals surface area (Å²) >= 11 is 0. The molecule has 28 heavy (non-hydrogen) atoms. The highest BCUT2D eigenvalue weighted by Gasteiger charge is 2.26. The van der Waals surface area contributed by atoms with Crippen molar-refractivity contribution in [3.05, 3.63) is 63.5 Å². The third kappa shape index (κ3) is 3.68. The highest BCUT2D eigenvalue weighted by molar-refractivity contribution is 5.95. The molecule has 0 unspecified atom stereocenters. The number of hydrogen-bond donors (Lipinski definition) is 0. The summed E-state index contributed by atoms with van der Waals surface area (Å²) in [6.07, 6.45) is 0. The van der Waals surface area contributed by atoms with E-state index in [1.54, 1.807) is 13.0 Å². The fourth-order valence-electron chi connectivity index (χ4n) is 2.66. The molecule has 0 saturated heterocycles. The van der Waals surface area contributed by atoms with E-state index in [2.05, 4.69) is 9.97 Å². The molecule has 2 aromatic carbocycles. The van der Waals surface area contributed by atoms with Crippen LogP contribution in [0.1, 0.15) is 21.7 Å². The first-order valence-corrected chi connectivity index (χ1v) is 8.24. The van der Waals surface area contributed by atoms with E-state index < -0.39 is 16.6 Å². The highest BCUT2D eigenvalue weighted by Crippen LogP contribution is 2.35. The maximum absolute atomic E-state index is 12.5. The van der Waals surface area contributed by atoms with Crippen molar-refractivity contribution in [2.75, 3.05) is 14.2 Å². The third-order valence-corrected chi connectivity index (χ3v) is 4.10. The van der Waals surface area contributed by atoms with E-state index in [-0.39, 0.29) is 23.7 Å². The predicted molar refractivity (Wildman–Crippen MR) is 99.6 cm³/mol. The largest absolute Gasteiger partial charge is 0.493 e. The lowest BCUT2D eigenvalue weighted by Gasteiger charge is -2.11. The average Bonchev–Trinajstić information content (AvgIpc) is 2.70. The number of aromatic nitrogens is 2. The Morgan fingerprint density at radius 3 is 2.29 bits per heavy atom. The molecule has 9 nitrogen and oxygen atoms in total. The van der Waals surface area contributed by atoms with Gasteiger partial charge in [0.25, 0.3) is 5.69 Å². The maximum Gasteiger partial charge on any atom is 0.345 e. The molecule has 0 atom stereocenters. The zero-order valence-electron chi connectivity index (χ0n) is 15.5. The SMILES string of the molecule is COc1cc(C(=O)OCc2nc3ccccc3nc2C)c([N+](=O)[O-])cc1OC. The van der Waals surface area contributed by atoms with Crippen molar-refractivity contribution < 1.29 is 23.9 Å². The Balaban J connectivity index is 1.89. The number of benzene rings is 2. The van der Waals surface area contributed by atoms with Crippen molar-refractivity contribution >= 4 is 22.7 Å². The second kappa shape index (κ2) is 7.87. The predicted octanol–water partition coefficient (Wildman–Crippen LogP) is 3.22. The number of carbonyl (C=O) groups excluding carboxylic acids is 1. The monoisotopic (exact) mass is 383 g/mol. The van der Waals surface area contributed by atoms with E-state index in [1.807, 2.05) is 18.2 Å². The van der Waals surface area contributed by atoms with Crippen molar-refractivity contribution in [3.8, 4) is 11.5 Å². The standard InChI is InChI=1S/C19H17N3O6/c1-11-15(21-14-7-5-4-6-13(14)20-11)10-28-19(23)12-8-17(26-2)18(27-3)9-16(12)22(24)25/h4-9H,10H2,1-3H3. The number of hydrogen-bond acceptors (Lipinski definition) is 8. The van der Waals surface area contributed by atoms with Gasteiger partial charge in [-0.25, -0.2) is 14.8 Å². The number of rotatable bonds is 6. The minimum atomic E-state index is -0.873. The number of nitrogens with zero attached hydrogens (tertiary/aromatic N) is 3. The Labute approximate surface area is 160 Å². The second-order valence-corrected chi connectivity index (χ2v) is 5.80. The molecule has 0 bridgehead atoms.